The summed E-state index contributed by atoms with van der Waals surface area (Å²) >= 11 is 0. The molecule has 0 heterocycles. The van der Waals surface area contributed by atoms with Gasteiger partial charge < -0.3 is 4.74 Å². The molecule has 92 valence electrons. The fraction of sp³-hybridized carbons (Fsp3) is 0.333. The molecule has 0 amide bonds. The van der Waals surface area contributed by atoms with E-state index in [1.54, 1.807) is 30.5 Å². The van der Waals surface area contributed by atoms with Crippen molar-refractivity contribution in [1.29, 1.82) is 0 Å². The third-order valence-electron chi connectivity index (χ3n) is 2.05. The van der Waals surface area contributed by atoms with Gasteiger partial charge in [0, 0.05) is 22.0 Å². The monoisotopic (exact) mass is 254 g/mol. The molecule has 0 aliphatic carbocycles. The van der Waals surface area contributed by atoms with Crippen LogP contribution in [0.15, 0.2) is 29.2 Å². The van der Waals surface area contributed by atoms with E-state index in [0.717, 1.165) is 10.5 Å². The first kappa shape index (κ1) is 13.6. The van der Waals surface area contributed by atoms with Gasteiger partial charge in [0.05, 0.1) is 0 Å². The lowest BCUT2D eigenvalue weighted by molar-refractivity contribution is -0.146. The lowest BCUT2D eigenvalue weighted by atomic mass is 10.2. The van der Waals surface area contributed by atoms with Crippen LogP contribution < -0.4 is 0 Å². The highest BCUT2D eigenvalue weighted by atomic mass is 32.2. The smallest absolute Gasteiger partial charge is 0.313 e. The molecule has 5 heteroatoms. The maximum atomic E-state index is 11.1. The van der Waals surface area contributed by atoms with Crippen molar-refractivity contribution in [3.63, 3.8) is 0 Å². The fourth-order valence-corrected chi connectivity index (χ4v) is 1.71. The highest BCUT2D eigenvalue weighted by molar-refractivity contribution is 7.84. The number of benzene rings is 1. The minimum Gasteiger partial charge on any atom is -0.460 e. The molecule has 0 N–H and O–H groups in total. The van der Waals surface area contributed by atoms with Crippen molar-refractivity contribution in [2.24, 2.45) is 0 Å². The van der Waals surface area contributed by atoms with E-state index in [-0.39, 0.29) is 18.8 Å². The highest BCUT2D eigenvalue weighted by Gasteiger charge is 2.06. The van der Waals surface area contributed by atoms with Crippen molar-refractivity contribution in [3.05, 3.63) is 29.8 Å². The number of rotatable bonds is 5. The van der Waals surface area contributed by atoms with E-state index in [1.807, 2.05) is 0 Å². The molecule has 1 rings (SSSR count). The molecule has 4 nitrogen and oxygen atoms in total. The topological polar surface area (TPSA) is 60.4 Å². The molecule has 0 aliphatic heterocycles. The van der Waals surface area contributed by atoms with Gasteiger partial charge in [-0.15, -0.1) is 0 Å². The van der Waals surface area contributed by atoms with E-state index in [2.05, 4.69) is 0 Å². The van der Waals surface area contributed by atoms with E-state index >= 15 is 0 Å². The molecule has 0 radical (unpaired) electrons. The van der Waals surface area contributed by atoms with Gasteiger partial charge in [-0.25, -0.2) is 0 Å². The average molecular weight is 254 g/mol. The van der Waals surface area contributed by atoms with E-state index in [9.17, 15) is 13.8 Å². The second kappa shape index (κ2) is 6.30. The standard InChI is InChI=1S/C12H14O4S/c1-9(13)7-12(14)16-8-10-3-5-11(6-4-10)17(2)15/h3-6H,7-8H2,1-2H3. The Kier molecular flexibility index (Phi) is 5.03. The summed E-state index contributed by atoms with van der Waals surface area (Å²) < 4.78 is 16.0. The van der Waals surface area contributed by atoms with E-state index in [0.29, 0.717) is 0 Å². The summed E-state index contributed by atoms with van der Waals surface area (Å²) in [6, 6.07) is 6.95. The molecule has 1 aromatic carbocycles. The Balaban J connectivity index is 2.50. The Labute approximate surface area is 102 Å². The maximum absolute atomic E-state index is 11.1. The summed E-state index contributed by atoms with van der Waals surface area (Å²) in [6.07, 6.45) is 1.40. The largest absolute Gasteiger partial charge is 0.460 e. The summed E-state index contributed by atoms with van der Waals surface area (Å²) in [5.74, 6) is -0.743. The van der Waals surface area contributed by atoms with Gasteiger partial charge in [0.15, 0.2) is 0 Å². The van der Waals surface area contributed by atoms with Crippen molar-refractivity contribution < 1.29 is 18.5 Å². The zero-order chi connectivity index (χ0) is 12.8. The zero-order valence-electron chi connectivity index (χ0n) is 9.76. The molecule has 1 atom stereocenters. The van der Waals surface area contributed by atoms with Gasteiger partial charge in [0.1, 0.15) is 18.8 Å². The SMILES string of the molecule is CC(=O)CC(=O)OCc1ccc(S(C)=O)cc1. The number of hydrogen-bond donors (Lipinski definition) is 0. The van der Waals surface area contributed by atoms with Crippen LogP contribution in [-0.4, -0.2) is 22.2 Å². The Morgan fingerprint density at radius 1 is 1.24 bits per heavy atom. The molecule has 0 fully saturated rings. The van der Waals surface area contributed by atoms with Gasteiger partial charge in [0.2, 0.25) is 0 Å². The van der Waals surface area contributed by atoms with Crippen molar-refractivity contribution in [2.75, 3.05) is 6.26 Å². The number of carbonyl (C=O) groups is 2. The number of ketones is 1. The molecule has 0 aliphatic rings. The summed E-state index contributed by atoms with van der Waals surface area (Å²) in [7, 11) is -1.01. The molecule has 1 aromatic rings. The van der Waals surface area contributed by atoms with Crippen molar-refractivity contribution in [3.8, 4) is 0 Å². The third-order valence-corrected chi connectivity index (χ3v) is 2.98. The lowest BCUT2D eigenvalue weighted by Crippen LogP contribution is -2.08. The minimum atomic E-state index is -1.01. The van der Waals surface area contributed by atoms with Gasteiger partial charge >= 0.3 is 5.97 Å². The first-order chi connectivity index (χ1) is 7.99. The van der Waals surface area contributed by atoms with Crippen LogP contribution >= 0.6 is 0 Å². The van der Waals surface area contributed by atoms with Crippen LogP contribution in [0.25, 0.3) is 0 Å². The Morgan fingerprint density at radius 2 is 1.82 bits per heavy atom. The quantitative estimate of drug-likeness (QED) is 0.589. The van der Waals surface area contributed by atoms with E-state index in [1.165, 1.54) is 6.92 Å². The van der Waals surface area contributed by atoms with Crippen LogP contribution in [0.3, 0.4) is 0 Å². The minimum absolute atomic E-state index is 0.128. The third kappa shape index (κ3) is 4.91. The number of ether oxygens (including phenoxy) is 1. The number of Topliss-reactive ketones (excluding diaryl/α,β-unsaturated/α-hetero) is 1. The zero-order valence-corrected chi connectivity index (χ0v) is 10.6. The average Bonchev–Trinajstić information content (AvgIpc) is 2.26. The summed E-state index contributed by atoms with van der Waals surface area (Å²) in [4.78, 5) is 22.5. The van der Waals surface area contributed by atoms with Crippen LogP contribution in [0.4, 0.5) is 0 Å². The van der Waals surface area contributed by atoms with Crippen LogP contribution in [-0.2, 0) is 31.7 Å². The Bertz CT molecular complexity index is 436. The van der Waals surface area contributed by atoms with Gasteiger partial charge in [-0.05, 0) is 24.6 Å². The van der Waals surface area contributed by atoms with Gasteiger partial charge in [-0.2, -0.15) is 0 Å². The van der Waals surface area contributed by atoms with Gasteiger partial charge in [-0.3, -0.25) is 13.8 Å². The normalized spacial score (nSPS) is 11.9. The molecule has 1 unspecified atom stereocenters. The van der Waals surface area contributed by atoms with Crippen LogP contribution in [0.5, 0.6) is 0 Å². The summed E-state index contributed by atoms with van der Waals surface area (Å²) in [6.45, 7) is 1.47. The summed E-state index contributed by atoms with van der Waals surface area (Å²) in [5.41, 5.74) is 0.802. The highest BCUT2D eigenvalue weighted by Crippen LogP contribution is 2.08. The molecular weight excluding hydrogens is 240 g/mol. The van der Waals surface area contributed by atoms with Crippen molar-refractivity contribution in [1.82, 2.24) is 0 Å². The fourth-order valence-electron chi connectivity index (χ4n) is 1.20. The van der Waals surface area contributed by atoms with Crippen LogP contribution in [0.2, 0.25) is 0 Å². The second-order valence-corrected chi connectivity index (χ2v) is 5.02. The van der Waals surface area contributed by atoms with Gasteiger partial charge in [-0.1, -0.05) is 12.1 Å². The molecule has 0 spiro atoms. The van der Waals surface area contributed by atoms with E-state index < -0.39 is 16.8 Å². The predicted octanol–water partition coefficient (Wildman–Crippen LogP) is 1.45. The number of esters is 1. The second-order valence-electron chi connectivity index (χ2n) is 3.64. The maximum Gasteiger partial charge on any atom is 0.313 e. The van der Waals surface area contributed by atoms with Crippen molar-refractivity contribution in [2.45, 2.75) is 24.8 Å². The summed E-state index contributed by atoms with van der Waals surface area (Å²) in [5, 5.41) is 0. The van der Waals surface area contributed by atoms with Crippen molar-refractivity contribution >= 4 is 22.6 Å². The predicted molar refractivity (Wildman–Crippen MR) is 63.9 cm³/mol. The van der Waals surface area contributed by atoms with Crippen LogP contribution in [0, 0.1) is 0 Å². The molecule has 0 aromatic heterocycles. The first-order valence-electron chi connectivity index (χ1n) is 5.06. The Hall–Kier alpha value is -1.49. The molecule has 17 heavy (non-hydrogen) atoms. The first-order valence-corrected chi connectivity index (χ1v) is 6.62. The van der Waals surface area contributed by atoms with Gasteiger partial charge in [0.25, 0.3) is 0 Å². The lowest BCUT2D eigenvalue weighted by Gasteiger charge is -2.04. The van der Waals surface area contributed by atoms with E-state index in [4.69, 9.17) is 4.74 Å². The molecule has 0 saturated carbocycles. The molecular formula is C12H14O4S. The Morgan fingerprint density at radius 3 is 2.29 bits per heavy atom. The van der Waals surface area contributed by atoms with Crippen LogP contribution in [0.1, 0.15) is 18.9 Å². The number of carbonyl (C=O) groups excluding carboxylic acids is 2. The molecule has 0 saturated heterocycles. The molecule has 0 bridgehead atoms. The number of hydrogen-bond acceptors (Lipinski definition) is 4.